The average molecular weight is 231 g/mol. The molecule has 0 aliphatic heterocycles. The van der Waals surface area contributed by atoms with Gasteiger partial charge in [0.25, 0.3) is 0 Å². The van der Waals surface area contributed by atoms with E-state index in [9.17, 15) is 4.79 Å². The molecule has 0 rings (SSSR count). The molecule has 12 heavy (non-hydrogen) atoms. The zero-order chi connectivity index (χ0) is 9.23. The largest absolute Gasteiger partial charge is 0.464 e. The van der Waals surface area contributed by atoms with Gasteiger partial charge in [0.05, 0.1) is 6.61 Å². The second-order valence-corrected chi connectivity index (χ2v) is 4.69. The Morgan fingerprint density at radius 2 is 2.08 bits per heavy atom. The molecule has 0 atom stereocenters. The number of halogens is 1. The summed E-state index contributed by atoms with van der Waals surface area (Å²) in [6.45, 7) is 0.563. The molecule has 0 aromatic heterocycles. The standard InChI is InChI=1S/C6H11ClO3S2/c7-5-6(9)10-2-4-12-11-3-1-8/h8H,1-5H2. The lowest BCUT2D eigenvalue weighted by Gasteiger charge is -2.00. The van der Waals surface area contributed by atoms with Crippen molar-refractivity contribution in [3.8, 4) is 0 Å². The van der Waals surface area contributed by atoms with Crippen LogP contribution in [0.1, 0.15) is 0 Å². The predicted octanol–water partition coefficient (Wildman–Crippen LogP) is 1.14. The van der Waals surface area contributed by atoms with Crippen LogP contribution in [0.3, 0.4) is 0 Å². The first-order chi connectivity index (χ1) is 5.81. The predicted molar refractivity (Wildman–Crippen MR) is 53.7 cm³/mol. The topological polar surface area (TPSA) is 46.5 Å². The van der Waals surface area contributed by atoms with Gasteiger partial charge in [-0.15, -0.1) is 11.6 Å². The molecule has 0 amide bonds. The maximum atomic E-state index is 10.5. The first-order valence-corrected chi connectivity index (χ1v) is 6.40. The van der Waals surface area contributed by atoms with Gasteiger partial charge in [0.2, 0.25) is 0 Å². The third-order valence-corrected chi connectivity index (χ3v) is 3.36. The zero-order valence-corrected chi connectivity index (χ0v) is 8.88. The minimum absolute atomic E-state index is 0.0888. The maximum Gasteiger partial charge on any atom is 0.320 e. The average Bonchev–Trinajstić information content (AvgIpc) is 2.10. The summed E-state index contributed by atoms with van der Waals surface area (Å²) < 4.78 is 4.70. The van der Waals surface area contributed by atoms with E-state index in [0.717, 1.165) is 5.75 Å². The Bertz CT molecular complexity index is 123. The third-order valence-electron chi connectivity index (χ3n) is 0.797. The summed E-state index contributed by atoms with van der Waals surface area (Å²) in [5, 5.41) is 8.41. The number of carbonyl (C=O) groups is 1. The van der Waals surface area contributed by atoms with E-state index in [0.29, 0.717) is 12.4 Å². The second-order valence-electron chi connectivity index (χ2n) is 1.72. The Labute approximate surface area is 84.6 Å². The van der Waals surface area contributed by atoms with Crippen LogP contribution in [0.25, 0.3) is 0 Å². The van der Waals surface area contributed by atoms with Gasteiger partial charge in [-0.3, -0.25) is 4.79 Å². The van der Waals surface area contributed by atoms with Crippen molar-refractivity contribution >= 4 is 39.2 Å². The molecule has 0 aromatic carbocycles. The fourth-order valence-corrected chi connectivity index (χ4v) is 2.06. The van der Waals surface area contributed by atoms with Gasteiger partial charge in [0.15, 0.2) is 0 Å². The number of carbonyl (C=O) groups excluding carboxylic acids is 1. The van der Waals surface area contributed by atoms with Gasteiger partial charge in [0, 0.05) is 11.5 Å². The van der Waals surface area contributed by atoms with Crippen LogP contribution in [-0.4, -0.2) is 41.7 Å². The lowest BCUT2D eigenvalue weighted by molar-refractivity contribution is -0.139. The molecule has 0 fully saturated rings. The van der Waals surface area contributed by atoms with Crippen molar-refractivity contribution in [2.24, 2.45) is 0 Å². The van der Waals surface area contributed by atoms with Crippen LogP contribution in [0.15, 0.2) is 0 Å². The van der Waals surface area contributed by atoms with Crippen LogP contribution in [-0.2, 0) is 9.53 Å². The van der Waals surface area contributed by atoms with Crippen LogP contribution in [0.5, 0.6) is 0 Å². The monoisotopic (exact) mass is 230 g/mol. The van der Waals surface area contributed by atoms with E-state index in [-0.39, 0.29) is 18.5 Å². The molecule has 0 aliphatic rings. The fourth-order valence-electron chi connectivity index (χ4n) is 0.383. The zero-order valence-electron chi connectivity index (χ0n) is 6.49. The molecule has 0 aromatic rings. The van der Waals surface area contributed by atoms with Crippen molar-refractivity contribution in [1.82, 2.24) is 0 Å². The lowest BCUT2D eigenvalue weighted by atomic mass is 10.8. The molecule has 0 heterocycles. The molecular formula is C6H11ClO3S2. The number of hydrogen-bond donors (Lipinski definition) is 1. The van der Waals surface area contributed by atoms with Crippen molar-refractivity contribution in [3.05, 3.63) is 0 Å². The summed E-state index contributed by atoms with van der Waals surface area (Å²) in [6.07, 6.45) is 0. The minimum atomic E-state index is -0.385. The van der Waals surface area contributed by atoms with Crippen LogP contribution in [0.4, 0.5) is 0 Å². The molecule has 0 spiro atoms. The fraction of sp³-hybridized carbons (Fsp3) is 0.833. The van der Waals surface area contributed by atoms with E-state index in [1.807, 2.05) is 0 Å². The van der Waals surface area contributed by atoms with Crippen molar-refractivity contribution in [3.63, 3.8) is 0 Å². The molecule has 0 saturated heterocycles. The summed E-state index contributed by atoms with van der Waals surface area (Å²) in [5.41, 5.74) is 0. The summed E-state index contributed by atoms with van der Waals surface area (Å²) in [6, 6.07) is 0. The van der Waals surface area contributed by atoms with E-state index in [4.69, 9.17) is 21.4 Å². The van der Waals surface area contributed by atoms with Crippen LogP contribution in [0, 0.1) is 0 Å². The molecular weight excluding hydrogens is 220 g/mol. The highest BCUT2D eigenvalue weighted by Crippen LogP contribution is 2.19. The molecule has 0 bridgehead atoms. The quantitative estimate of drug-likeness (QED) is 0.308. The van der Waals surface area contributed by atoms with Crippen molar-refractivity contribution in [2.75, 3.05) is 30.6 Å². The van der Waals surface area contributed by atoms with Crippen molar-refractivity contribution in [2.45, 2.75) is 0 Å². The summed E-state index contributed by atoms with van der Waals surface area (Å²) in [7, 11) is 3.12. The van der Waals surface area contributed by atoms with Gasteiger partial charge in [-0.05, 0) is 0 Å². The Morgan fingerprint density at radius 1 is 1.42 bits per heavy atom. The first kappa shape index (κ1) is 12.4. The number of esters is 1. The van der Waals surface area contributed by atoms with Gasteiger partial charge in [-0.25, -0.2) is 0 Å². The highest BCUT2D eigenvalue weighted by molar-refractivity contribution is 8.76. The number of rotatable bonds is 7. The molecule has 0 unspecified atom stereocenters. The molecule has 1 N–H and O–H groups in total. The Balaban J connectivity index is 2.95. The van der Waals surface area contributed by atoms with E-state index in [1.165, 1.54) is 0 Å². The second kappa shape index (κ2) is 9.51. The molecule has 0 radical (unpaired) electrons. The number of ether oxygens (including phenoxy) is 1. The minimum Gasteiger partial charge on any atom is -0.464 e. The van der Waals surface area contributed by atoms with Gasteiger partial charge in [-0.1, -0.05) is 21.6 Å². The highest BCUT2D eigenvalue weighted by atomic mass is 35.5. The van der Waals surface area contributed by atoms with Crippen LogP contribution >= 0.6 is 33.2 Å². The van der Waals surface area contributed by atoms with Gasteiger partial charge in [-0.2, -0.15) is 0 Å². The molecule has 0 saturated carbocycles. The molecule has 72 valence electrons. The smallest absolute Gasteiger partial charge is 0.320 e. The number of alkyl halides is 1. The van der Waals surface area contributed by atoms with E-state index < -0.39 is 0 Å². The molecule has 0 aliphatic carbocycles. The van der Waals surface area contributed by atoms with E-state index in [1.54, 1.807) is 21.6 Å². The normalized spacial score (nSPS) is 9.83. The third kappa shape index (κ3) is 8.52. The van der Waals surface area contributed by atoms with Crippen LogP contribution < -0.4 is 0 Å². The Kier molecular flexibility index (Phi) is 9.84. The lowest BCUT2D eigenvalue weighted by Crippen LogP contribution is -2.07. The summed E-state index contributed by atoms with van der Waals surface area (Å²) in [4.78, 5) is 10.5. The number of aliphatic hydroxyl groups is 1. The van der Waals surface area contributed by atoms with Gasteiger partial charge in [0.1, 0.15) is 12.5 Å². The number of aliphatic hydroxyl groups excluding tert-OH is 1. The van der Waals surface area contributed by atoms with Gasteiger partial charge < -0.3 is 9.84 Å². The summed E-state index contributed by atoms with van der Waals surface area (Å²) >= 11 is 5.19. The van der Waals surface area contributed by atoms with E-state index in [2.05, 4.69) is 0 Å². The first-order valence-electron chi connectivity index (χ1n) is 3.38. The Morgan fingerprint density at radius 3 is 2.67 bits per heavy atom. The SMILES string of the molecule is O=C(CCl)OCCSSCCO. The maximum absolute atomic E-state index is 10.5. The van der Waals surface area contributed by atoms with Crippen molar-refractivity contribution < 1.29 is 14.6 Å². The molecule has 6 heteroatoms. The van der Waals surface area contributed by atoms with Gasteiger partial charge >= 0.3 is 5.97 Å². The summed E-state index contributed by atoms with van der Waals surface area (Å²) in [5.74, 6) is 0.958. The molecule has 3 nitrogen and oxygen atoms in total. The van der Waals surface area contributed by atoms with E-state index >= 15 is 0 Å². The highest BCUT2D eigenvalue weighted by Gasteiger charge is 1.98. The number of hydrogen-bond acceptors (Lipinski definition) is 5. The van der Waals surface area contributed by atoms with Crippen molar-refractivity contribution in [1.29, 1.82) is 0 Å². The van der Waals surface area contributed by atoms with Crippen LogP contribution in [0.2, 0.25) is 0 Å². The Hall–Kier alpha value is 0.420.